The van der Waals surface area contributed by atoms with Gasteiger partial charge in [-0.1, -0.05) is 146 Å². The summed E-state index contributed by atoms with van der Waals surface area (Å²) in [6, 6.07) is 0. The van der Waals surface area contributed by atoms with Crippen molar-refractivity contribution in [1.82, 2.24) is 0 Å². The van der Waals surface area contributed by atoms with E-state index in [2.05, 4.69) is 13.8 Å². The van der Waals surface area contributed by atoms with Crippen molar-refractivity contribution in [3.8, 4) is 0 Å². The molecule has 0 amide bonds. The molecule has 21 heavy (non-hydrogen) atoms. The molecule has 0 heteroatoms. The summed E-state index contributed by atoms with van der Waals surface area (Å²) in [4.78, 5) is 0. The average molecular weight is 317 g/mol. The third kappa shape index (κ3) is 0. The fourth-order valence-corrected chi connectivity index (χ4v) is 0. The summed E-state index contributed by atoms with van der Waals surface area (Å²) in [6.07, 6.45) is 1.25. The minimum atomic E-state index is 0. The van der Waals surface area contributed by atoms with Gasteiger partial charge in [0.2, 0.25) is 0 Å². The summed E-state index contributed by atoms with van der Waals surface area (Å²) in [5, 5.41) is 0. The third-order valence-electron chi connectivity index (χ3n) is 0. The number of hydrogen-bond donors (Lipinski definition) is 0. The second kappa shape index (κ2) is 7220. The molecule has 0 rings (SSSR count). The van der Waals surface area contributed by atoms with Crippen molar-refractivity contribution in [2.75, 3.05) is 0 Å². The molecule has 0 saturated heterocycles. The molecule has 0 aliphatic rings. The van der Waals surface area contributed by atoms with Gasteiger partial charge in [-0.3, -0.25) is 0 Å². The van der Waals surface area contributed by atoms with Gasteiger partial charge in [-0.15, -0.1) is 0 Å². The molecule has 0 heterocycles. The van der Waals surface area contributed by atoms with E-state index in [1.807, 2.05) is 111 Å². The van der Waals surface area contributed by atoms with Crippen LogP contribution < -0.4 is 0 Å². The fraction of sp³-hybridized carbons (Fsp3) is 1.00. The van der Waals surface area contributed by atoms with Crippen molar-refractivity contribution in [2.24, 2.45) is 0 Å². The van der Waals surface area contributed by atoms with Crippen LogP contribution in [0.2, 0.25) is 0 Å². The Morgan fingerprint density at radius 1 is 0.286 bits per heavy atom. The maximum absolute atomic E-state index is 2.12. The maximum atomic E-state index is 2.12. The van der Waals surface area contributed by atoms with Crippen LogP contribution in [0.15, 0.2) is 0 Å². The van der Waals surface area contributed by atoms with Gasteiger partial charge in [0.25, 0.3) is 0 Å². The molecular formula is C21H64. The molecule has 0 unspecified atom stereocenters. The topological polar surface area (TPSA) is 0 Å². The highest BCUT2D eigenvalue weighted by atomic mass is 13.4. The lowest BCUT2D eigenvalue weighted by Crippen LogP contribution is -1.27. The zero-order valence-electron chi connectivity index (χ0n) is 18.7. The second-order valence-electron chi connectivity index (χ2n) is 0.707. The largest absolute Gasteiger partial charge is 0.0776 e. The van der Waals surface area contributed by atoms with Crippen molar-refractivity contribution in [3.05, 3.63) is 0 Å². The Labute approximate surface area is 146 Å². The minimum absolute atomic E-state index is 0. The molecule has 0 aliphatic heterocycles. The number of rotatable bonds is 0. The van der Waals surface area contributed by atoms with Crippen molar-refractivity contribution in [1.29, 1.82) is 0 Å². The van der Waals surface area contributed by atoms with Crippen molar-refractivity contribution in [2.45, 2.75) is 146 Å². The van der Waals surface area contributed by atoms with E-state index in [-0.39, 0.29) is 14.9 Å². The summed E-state index contributed by atoms with van der Waals surface area (Å²) >= 11 is 0. The molecule has 0 N–H and O–H groups in total. The first kappa shape index (κ1) is 84.0. The first-order valence-corrected chi connectivity index (χ1v) is 9.41. The molecule has 0 atom stereocenters. The Hall–Kier alpha value is 0. The van der Waals surface area contributed by atoms with Crippen molar-refractivity contribution < 1.29 is 0 Å². The van der Waals surface area contributed by atoms with Crippen LogP contribution in [-0.2, 0) is 0 Å². The van der Waals surface area contributed by atoms with E-state index >= 15 is 0 Å². The van der Waals surface area contributed by atoms with E-state index in [1.54, 1.807) is 0 Å². The molecule has 0 spiro atoms. The standard InChI is InChI=1S/C3H8.8C2H6.2CH4/c1-3-2;8*1-2;;/h3H2,1-2H3;8*1-2H3;2*1H4. The molecule has 0 aliphatic carbocycles. The molecule has 0 aromatic carbocycles. The number of hydrogen-bond acceptors (Lipinski definition) is 0. The average Bonchev–Trinajstić information content (AvgIpc) is 2.62. The highest BCUT2D eigenvalue weighted by molar-refractivity contribution is 3.92. The predicted molar refractivity (Wildman–Crippen MR) is 120 cm³/mol. The van der Waals surface area contributed by atoms with Gasteiger partial charge in [0.15, 0.2) is 0 Å². The highest BCUT2D eigenvalue weighted by Crippen LogP contribution is 1.56. The van der Waals surface area contributed by atoms with Gasteiger partial charge in [0.05, 0.1) is 0 Å². The Balaban J connectivity index is -0.00000000591. The normalized spacial score (nSPS) is 3.14. The molecular weight excluding hydrogens is 252 g/mol. The molecule has 0 aromatic heterocycles. The van der Waals surface area contributed by atoms with Gasteiger partial charge >= 0.3 is 0 Å². The summed E-state index contributed by atoms with van der Waals surface area (Å²) < 4.78 is 0. The van der Waals surface area contributed by atoms with Crippen molar-refractivity contribution in [3.63, 3.8) is 0 Å². The van der Waals surface area contributed by atoms with Gasteiger partial charge in [0.1, 0.15) is 0 Å². The minimum Gasteiger partial charge on any atom is -0.0776 e. The van der Waals surface area contributed by atoms with E-state index in [0.29, 0.717) is 0 Å². The van der Waals surface area contributed by atoms with E-state index < -0.39 is 0 Å². The monoisotopic (exact) mass is 317 g/mol. The van der Waals surface area contributed by atoms with Crippen LogP contribution in [-0.4, -0.2) is 0 Å². The van der Waals surface area contributed by atoms with Crippen LogP contribution in [0.3, 0.4) is 0 Å². The lowest BCUT2D eigenvalue weighted by molar-refractivity contribution is 1.09. The van der Waals surface area contributed by atoms with Gasteiger partial charge in [0, 0.05) is 0 Å². The first-order valence-electron chi connectivity index (χ1n) is 9.41. The SMILES string of the molecule is C.C.CC.CC.CC.CC.CC.CC.CC.CC.CCC. The van der Waals surface area contributed by atoms with Crippen LogP contribution in [0.1, 0.15) is 146 Å². The van der Waals surface area contributed by atoms with Gasteiger partial charge in [-0.05, 0) is 0 Å². The lowest BCUT2D eigenvalue weighted by Gasteiger charge is -1.48. The smallest absolute Gasteiger partial charge is 0.0590 e. The summed E-state index contributed by atoms with van der Waals surface area (Å²) in [7, 11) is 0. The van der Waals surface area contributed by atoms with E-state index in [4.69, 9.17) is 0 Å². The Morgan fingerprint density at radius 3 is 0.286 bits per heavy atom. The Morgan fingerprint density at radius 2 is 0.286 bits per heavy atom. The Bertz CT molecular complexity index is 0. The predicted octanol–water partition coefficient (Wildman–Crippen LogP) is 10.9. The fourth-order valence-electron chi connectivity index (χ4n) is 0. The van der Waals surface area contributed by atoms with Crippen LogP contribution >= 0.6 is 0 Å². The molecule has 0 saturated carbocycles. The Kier molecular flexibility index (Phi) is 28900. The molecule has 0 bridgehead atoms. The van der Waals surface area contributed by atoms with Crippen molar-refractivity contribution >= 4 is 0 Å². The zero-order valence-corrected chi connectivity index (χ0v) is 18.7. The first-order chi connectivity index (χ1) is 9.41. The highest BCUT2D eigenvalue weighted by Gasteiger charge is 1.35. The summed E-state index contributed by atoms with van der Waals surface area (Å²) in [6.45, 7) is 36.2. The molecule has 0 nitrogen and oxygen atoms in total. The maximum Gasteiger partial charge on any atom is -0.0590 e. The zero-order chi connectivity index (χ0) is 18.7. The van der Waals surface area contributed by atoms with E-state index in [9.17, 15) is 0 Å². The molecule has 0 aromatic rings. The van der Waals surface area contributed by atoms with Gasteiger partial charge < -0.3 is 0 Å². The van der Waals surface area contributed by atoms with E-state index in [0.717, 1.165) is 0 Å². The van der Waals surface area contributed by atoms with Gasteiger partial charge in [-0.2, -0.15) is 0 Å². The third-order valence-corrected chi connectivity index (χ3v) is 0. The van der Waals surface area contributed by atoms with Crippen LogP contribution in [0, 0.1) is 0 Å². The van der Waals surface area contributed by atoms with E-state index in [1.165, 1.54) is 6.42 Å². The van der Waals surface area contributed by atoms with Crippen LogP contribution in [0.5, 0.6) is 0 Å². The van der Waals surface area contributed by atoms with Gasteiger partial charge in [-0.25, -0.2) is 0 Å². The molecule has 0 fully saturated rings. The lowest BCUT2D eigenvalue weighted by atomic mass is 10.6. The molecule has 148 valence electrons. The summed E-state index contributed by atoms with van der Waals surface area (Å²) in [5.41, 5.74) is 0. The van der Waals surface area contributed by atoms with Crippen LogP contribution in [0.25, 0.3) is 0 Å². The molecule has 0 radical (unpaired) electrons. The van der Waals surface area contributed by atoms with Crippen LogP contribution in [0.4, 0.5) is 0 Å². The quantitative estimate of drug-likeness (QED) is 0.416. The second-order valence-corrected chi connectivity index (χ2v) is 0.707. The summed E-state index contributed by atoms with van der Waals surface area (Å²) in [5.74, 6) is 0.